The second kappa shape index (κ2) is 10.7. The smallest absolute Gasteiger partial charge is 0.258 e. The van der Waals surface area contributed by atoms with Gasteiger partial charge in [-0.15, -0.1) is 0 Å². The standard InChI is InChI=1S/C24H28N4O4/c1-16(2)21(27-22(29)17-9-5-4-6-10-17)24(31)28(13-14-32-3)15-20-25-19-12-8-7-11-18(19)23(30)26-20/h4-12,16,21H,13-15H2,1-3H3,(H,27,29)(H,25,26,30). The van der Waals surface area contributed by atoms with Gasteiger partial charge in [-0.25, -0.2) is 4.98 Å². The largest absolute Gasteiger partial charge is 0.383 e. The third kappa shape index (κ3) is 5.59. The molecule has 0 bridgehead atoms. The monoisotopic (exact) mass is 436 g/mol. The third-order valence-corrected chi connectivity index (χ3v) is 5.13. The van der Waals surface area contributed by atoms with Crippen LogP contribution in [-0.2, 0) is 16.1 Å². The van der Waals surface area contributed by atoms with Crippen molar-refractivity contribution in [2.24, 2.45) is 5.92 Å². The normalized spacial score (nSPS) is 12.0. The molecule has 0 spiro atoms. The van der Waals surface area contributed by atoms with Crippen LogP contribution in [0.5, 0.6) is 0 Å². The molecule has 1 heterocycles. The zero-order valence-electron chi connectivity index (χ0n) is 18.5. The maximum Gasteiger partial charge on any atom is 0.258 e. The van der Waals surface area contributed by atoms with E-state index in [1.807, 2.05) is 19.9 Å². The predicted molar refractivity (Wildman–Crippen MR) is 122 cm³/mol. The lowest BCUT2D eigenvalue weighted by Gasteiger charge is -2.29. The van der Waals surface area contributed by atoms with E-state index in [2.05, 4.69) is 15.3 Å². The van der Waals surface area contributed by atoms with Crippen molar-refractivity contribution in [3.05, 3.63) is 76.3 Å². The van der Waals surface area contributed by atoms with Crippen molar-refractivity contribution < 1.29 is 14.3 Å². The molecule has 0 aliphatic carbocycles. The van der Waals surface area contributed by atoms with Crippen molar-refractivity contribution in [2.45, 2.75) is 26.4 Å². The fraction of sp³-hybridized carbons (Fsp3) is 0.333. The summed E-state index contributed by atoms with van der Waals surface area (Å²) >= 11 is 0. The molecule has 1 unspecified atom stereocenters. The fourth-order valence-electron chi connectivity index (χ4n) is 3.38. The molecule has 0 fully saturated rings. The number of ether oxygens (including phenoxy) is 1. The van der Waals surface area contributed by atoms with E-state index >= 15 is 0 Å². The first kappa shape index (κ1) is 23.1. The van der Waals surface area contributed by atoms with Crippen molar-refractivity contribution in [1.82, 2.24) is 20.2 Å². The number of methoxy groups -OCH3 is 1. The van der Waals surface area contributed by atoms with Crippen LogP contribution in [-0.4, -0.2) is 53.0 Å². The van der Waals surface area contributed by atoms with Gasteiger partial charge in [-0.05, 0) is 30.2 Å². The molecule has 1 atom stereocenters. The van der Waals surface area contributed by atoms with Gasteiger partial charge in [0, 0.05) is 19.2 Å². The van der Waals surface area contributed by atoms with Gasteiger partial charge in [-0.2, -0.15) is 0 Å². The van der Waals surface area contributed by atoms with E-state index in [-0.39, 0.29) is 36.4 Å². The molecule has 32 heavy (non-hydrogen) atoms. The summed E-state index contributed by atoms with van der Waals surface area (Å²) in [5, 5.41) is 3.34. The first-order valence-electron chi connectivity index (χ1n) is 10.5. The summed E-state index contributed by atoms with van der Waals surface area (Å²) in [6.45, 7) is 4.43. The maximum atomic E-state index is 13.4. The molecule has 168 valence electrons. The summed E-state index contributed by atoms with van der Waals surface area (Å²) in [5.74, 6) is -0.363. The van der Waals surface area contributed by atoms with Crippen molar-refractivity contribution >= 4 is 22.7 Å². The third-order valence-electron chi connectivity index (χ3n) is 5.13. The summed E-state index contributed by atoms with van der Waals surface area (Å²) in [6, 6.07) is 15.1. The van der Waals surface area contributed by atoms with Gasteiger partial charge in [0.05, 0.1) is 24.1 Å². The Labute approximate surface area is 186 Å². The number of hydrogen-bond acceptors (Lipinski definition) is 5. The van der Waals surface area contributed by atoms with Crippen LogP contribution in [0.4, 0.5) is 0 Å². The van der Waals surface area contributed by atoms with Gasteiger partial charge < -0.3 is 19.9 Å². The molecular weight excluding hydrogens is 408 g/mol. The van der Waals surface area contributed by atoms with Crippen LogP contribution in [0.1, 0.15) is 30.0 Å². The number of carbonyl (C=O) groups is 2. The Hall–Kier alpha value is -3.52. The average Bonchev–Trinajstić information content (AvgIpc) is 2.80. The highest BCUT2D eigenvalue weighted by Gasteiger charge is 2.29. The lowest BCUT2D eigenvalue weighted by Crippen LogP contribution is -2.51. The van der Waals surface area contributed by atoms with Crippen LogP contribution in [0.15, 0.2) is 59.4 Å². The molecule has 2 aromatic carbocycles. The van der Waals surface area contributed by atoms with Gasteiger partial charge in [0.15, 0.2) is 0 Å². The minimum absolute atomic E-state index is 0.0900. The number of amides is 2. The van der Waals surface area contributed by atoms with Gasteiger partial charge in [0.1, 0.15) is 11.9 Å². The van der Waals surface area contributed by atoms with Gasteiger partial charge >= 0.3 is 0 Å². The highest BCUT2D eigenvalue weighted by atomic mass is 16.5. The van der Waals surface area contributed by atoms with E-state index in [0.717, 1.165) is 0 Å². The molecule has 0 radical (unpaired) electrons. The number of carbonyl (C=O) groups excluding carboxylic acids is 2. The van der Waals surface area contributed by atoms with Crippen LogP contribution in [0.25, 0.3) is 10.9 Å². The van der Waals surface area contributed by atoms with Crippen molar-refractivity contribution in [3.63, 3.8) is 0 Å². The molecule has 0 aliphatic heterocycles. The Morgan fingerprint density at radius 2 is 1.78 bits per heavy atom. The molecule has 2 amide bonds. The van der Waals surface area contributed by atoms with Gasteiger partial charge in [0.2, 0.25) is 5.91 Å². The van der Waals surface area contributed by atoms with E-state index in [4.69, 9.17) is 4.74 Å². The molecule has 1 aromatic heterocycles. The predicted octanol–water partition coefficient (Wildman–Crippen LogP) is 2.35. The lowest BCUT2D eigenvalue weighted by molar-refractivity contribution is -0.135. The van der Waals surface area contributed by atoms with E-state index in [0.29, 0.717) is 28.9 Å². The first-order chi connectivity index (χ1) is 15.4. The zero-order valence-corrected chi connectivity index (χ0v) is 18.5. The number of para-hydroxylation sites is 1. The second-order valence-corrected chi connectivity index (χ2v) is 7.84. The number of rotatable bonds is 9. The van der Waals surface area contributed by atoms with Gasteiger partial charge in [-0.1, -0.05) is 44.2 Å². The molecule has 8 heteroatoms. The Kier molecular flexibility index (Phi) is 7.72. The van der Waals surface area contributed by atoms with Crippen molar-refractivity contribution in [2.75, 3.05) is 20.3 Å². The summed E-state index contributed by atoms with van der Waals surface area (Å²) in [7, 11) is 1.55. The van der Waals surface area contributed by atoms with Gasteiger partial charge in [-0.3, -0.25) is 14.4 Å². The van der Waals surface area contributed by atoms with Gasteiger partial charge in [0.25, 0.3) is 11.5 Å². The molecule has 0 saturated carbocycles. The maximum absolute atomic E-state index is 13.4. The van der Waals surface area contributed by atoms with Crippen molar-refractivity contribution in [1.29, 1.82) is 0 Å². The number of benzene rings is 2. The lowest BCUT2D eigenvalue weighted by atomic mass is 10.0. The topological polar surface area (TPSA) is 104 Å². The molecule has 3 rings (SSSR count). The van der Waals surface area contributed by atoms with E-state index in [1.165, 1.54) is 0 Å². The Morgan fingerprint density at radius 1 is 1.09 bits per heavy atom. The van der Waals surface area contributed by atoms with Crippen LogP contribution in [0, 0.1) is 5.92 Å². The van der Waals surface area contributed by atoms with E-state index in [9.17, 15) is 14.4 Å². The SMILES string of the molecule is COCCN(Cc1nc2ccccc2c(=O)[nH]1)C(=O)C(NC(=O)c1ccccc1)C(C)C. The number of H-pyrrole nitrogens is 1. The number of aromatic nitrogens is 2. The highest BCUT2D eigenvalue weighted by Crippen LogP contribution is 2.12. The molecule has 2 N–H and O–H groups in total. The molecule has 0 aliphatic rings. The summed E-state index contributed by atoms with van der Waals surface area (Å²) < 4.78 is 5.17. The molecule has 8 nitrogen and oxygen atoms in total. The summed E-state index contributed by atoms with van der Waals surface area (Å²) in [4.78, 5) is 47.4. The van der Waals surface area contributed by atoms with Crippen LogP contribution < -0.4 is 10.9 Å². The minimum atomic E-state index is -0.744. The fourth-order valence-corrected chi connectivity index (χ4v) is 3.38. The number of hydrogen-bond donors (Lipinski definition) is 2. The van der Waals surface area contributed by atoms with Crippen molar-refractivity contribution in [3.8, 4) is 0 Å². The van der Waals surface area contributed by atoms with E-state index < -0.39 is 6.04 Å². The number of nitrogens with one attached hydrogen (secondary N) is 2. The molecule has 3 aromatic rings. The number of aromatic amines is 1. The molecular formula is C24H28N4O4. The van der Waals surface area contributed by atoms with E-state index in [1.54, 1.807) is 60.5 Å². The second-order valence-electron chi connectivity index (χ2n) is 7.84. The van der Waals surface area contributed by atoms with Crippen LogP contribution >= 0.6 is 0 Å². The number of fused-ring (bicyclic) bond motifs is 1. The zero-order chi connectivity index (χ0) is 23.1. The Balaban J connectivity index is 1.85. The summed E-state index contributed by atoms with van der Waals surface area (Å²) in [6.07, 6.45) is 0. The van der Waals surface area contributed by atoms with Crippen LogP contribution in [0.3, 0.4) is 0 Å². The number of nitrogens with zero attached hydrogens (tertiary/aromatic N) is 2. The highest BCUT2D eigenvalue weighted by molar-refractivity contribution is 5.97. The average molecular weight is 437 g/mol. The summed E-state index contributed by atoms with van der Waals surface area (Å²) in [5.41, 5.74) is 0.778. The molecule has 0 saturated heterocycles. The minimum Gasteiger partial charge on any atom is -0.383 e. The Morgan fingerprint density at radius 3 is 2.47 bits per heavy atom. The Bertz CT molecular complexity index is 1130. The quantitative estimate of drug-likeness (QED) is 0.536. The van der Waals surface area contributed by atoms with Crippen LogP contribution in [0.2, 0.25) is 0 Å². The first-order valence-corrected chi connectivity index (χ1v) is 10.5.